The van der Waals surface area contributed by atoms with Crippen molar-refractivity contribution in [3.05, 3.63) is 253 Å². The number of aromatic amines is 1. The number of nitrogens with zero attached hydrogens (tertiary/aromatic N) is 1. The minimum atomic E-state index is -1.56. The summed E-state index contributed by atoms with van der Waals surface area (Å²) in [6, 6.07) is 35.1. The number of allylic oxidation sites excluding steroid dienone is 5. The first kappa shape index (κ1) is 72.2. The van der Waals surface area contributed by atoms with Gasteiger partial charge in [-0.3, -0.25) is 19.5 Å². The fraction of sp³-hybridized carbons (Fsp3) is 0.241. The molecule has 101 heavy (non-hydrogen) atoms. The summed E-state index contributed by atoms with van der Waals surface area (Å²) in [5.41, 5.74) is 11.9. The first-order valence-corrected chi connectivity index (χ1v) is 32.1. The first-order chi connectivity index (χ1) is 48.6. The number of phenolic OH excluding ortho intramolecular Hbond substituents is 3. The molecule has 17 nitrogen and oxygen atoms in total. The summed E-state index contributed by atoms with van der Waals surface area (Å²) in [5.74, 6) is -2.29. The minimum Gasteiger partial charge on any atom is -0.502 e. The van der Waals surface area contributed by atoms with Crippen molar-refractivity contribution in [3.63, 3.8) is 0 Å². The van der Waals surface area contributed by atoms with E-state index < -0.39 is 35.8 Å². The number of halogens is 5. The molecule has 2 aromatic heterocycles. The zero-order chi connectivity index (χ0) is 72.3. The quantitative estimate of drug-likeness (QED) is 0.0258. The minimum absolute atomic E-state index is 0.000556. The van der Waals surface area contributed by atoms with E-state index in [1.54, 1.807) is 62.5 Å². The van der Waals surface area contributed by atoms with Crippen LogP contribution in [0, 0.1) is 17.5 Å². The van der Waals surface area contributed by atoms with Gasteiger partial charge in [-0.1, -0.05) is 59.7 Å². The second-order valence-electron chi connectivity index (χ2n) is 24.1. The van der Waals surface area contributed by atoms with Crippen LogP contribution in [0.2, 0.25) is 0 Å². The number of aromatic nitrogens is 2. The van der Waals surface area contributed by atoms with Gasteiger partial charge in [-0.15, -0.1) is 0 Å². The van der Waals surface area contributed by atoms with Crippen molar-refractivity contribution in [2.45, 2.75) is 83.7 Å². The monoisotopic (exact) mass is 1380 g/mol. The number of hydrogen-bond acceptors (Lipinski definition) is 14. The van der Waals surface area contributed by atoms with Crippen molar-refractivity contribution in [1.82, 2.24) is 20.8 Å². The predicted octanol–water partition coefficient (Wildman–Crippen LogP) is 16.5. The number of aromatic hydroxyl groups is 3. The fourth-order valence-corrected chi connectivity index (χ4v) is 13.0. The number of alkyl halides is 2. The molecule has 2 amide bonds. The Hall–Kier alpha value is -11.6. The van der Waals surface area contributed by atoms with Crippen LogP contribution in [0.4, 0.5) is 22.0 Å². The van der Waals surface area contributed by atoms with Crippen LogP contribution < -0.4 is 39.1 Å². The maximum Gasteiger partial charge on any atom is 0.224 e. The van der Waals surface area contributed by atoms with Gasteiger partial charge in [-0.2, -0.15) is 5.10 Å². The van der Waals surface area contributed by atoms with Crippen LogP contribution in [0.15, 0.2) is 173 Å². The molecule has 6 N–H and O–H groups in total. The van der Waals surface area contributed by atoms with Crippen LogP contribution in [0.5, 0.6) is 51.7 Å². The zero-order valence-electron chi connectivity index (χ0n) is 56.8. The third-order valence-electron chi connectivity index (χ3n) is 18.2. The maximum absolute atomic E-state index is 16.1. The number of ether oxygens (including phenoxy) is 6. The van der Waals surface area contributed by atoms with E-state index in [0.29, 0.717) is 80.3 Å². The molecule has 9 aromatic rings. The third-order valence-corrected chi connectivity index (χ3v) is 18.2. The van der Waals surface area contributed by atoms with Crippen molar-refractivity contribution >= 4 is 46.0 Å². The van der Waals surface area contributed by atoms with E-state index in [-0.39, 0.29) is 101 Å². The van der Waals surface area contributed by atoms with Gasteiger partial charge in [0, 0.05) is 31.0 Å². The molecule has 0 aliphatic heterocycles. The number of carbonyl (C=O) groups excluding carboxylic acids is 3. The van der Waals surface area contributed by atoms with E-state index in [1.165, 1.54) is 116 Å². The number of carbonyl (C=O) groups is 3. The molecule has 524 valence electrons. The van der Waals surface area contributed by atoms with E-state index in [1.807, 2.05) is 43.3 Å². The highest BCUT2D eigenvalue weighted by Gasteiger charge is 2.39. The van der Waals surface area contributed by atoms with Crippen molar-refractivity contribution in [2.24, 2.45) is 0 Å². The van der Waals surface area contributed by atoms with E-state index in [4.69, 9.17) is 32.8 Å². The van der Waals surface area contributed by atoms with Gasteiger partial charge < -0.3 is 58.8 Å². The molecule has 0 spiro atoms. The lowest BCUT2D eigenvalue weighted by Gasteiger charge is -2.21. The van der Waals surface area contributed by atoms with E-state index >= 15 is 8.78 Å². The summed E-state index contributed by atoms with van der Waals surface area (Å²) in [6.45, 7) is 6.07. The van der Waals surface area contributed by atoms with Crippen LogP contribution in [-0.4, -0.2) is 85.8 Å². The van der Waals surface area contributed by atoms with E-state index in [0.717, 1.165) is 39.0 Å². The number of H-pyrrole nitrogens is 1. The Balaban J connectivity index is 0.000000164. The SMILES string of the molecule is COc1cc(/C=C2/C(C)=C(CCC(=O)c3cn[nH]c3)c3cc(F)ccc32)cc(OC)c1O.COc1cc(C(F)C2C(C)=C(CC(=O)NCc3ccccc3)c3cc(F)ccc32)cc(OC)c1O.COc1cc(C(F)C2C(C)=C(CC(=O)NCc3ccco3)c3cc(F)ccc32)cc(OC)c1O. The van der Waals surface area contributed by atoms with Crippen LogP contribution in [-0.2, 0) is 22.7 Å². The number of hydrogen-bond donors (Lipinski definition) is 6. The van der Waals surface area contributed by atoms with Gasteiger partial charge in [0.15, 0.2) is 40.3 Å². The Morgan fingerprint density at radius 1 is 0.554 bits per heavy atom. The van der Waals surface area contributed by atoms with Gasteiger partial charge in [0.05, 0.1) is 80.1 Å². The average molecular weight is 1380 g/mol. The van der Waals surface area contributed by atoms with Gasteiger partial charge in [0.25, 0.3) is 0 Å². The highest BCUT2D eigenvalue weighted by atomic mass is 19.1. The first-order valence-electron chi connectivity index (χ1n) is 32.1. The Morgan fingerprint density at radius 2 is 1.01 bits per heavy atom. The van der Waals surface area contributed by atoms with Crippen molar-refractivity contribution < 1.29 is 84.5 Å². The van der Waals surface area contributed by atoms with Crippen LogP contribution in [0.3, 0.4) is 0 Å². The topological polar surface area (TPSA) is 233 Å². The number of fused-ring (bicyclic) bond motifs is 3. The van der Waals surface area contributed by atoms with Gasteiger partial charge in [0.2, 0.25) is 29.1 Å². The molecule has 2 heterocycles. The standard InChI is InChI=1S/C28H27F2NO4.C26H25F2NO5.C25H23FN2O4/c1-16-21(14-25(32)31-15-17-7-5-4-6-8-17)22-13-19(29)9-10-20(22)26(16)27(30)18-11-23(34-2)28(33)24(12-18)35-3;1-14-19(12-23(30)29-13-17-5-4-8-34-17)20-11-16(27)6-7-18(20)24(14)25(28)15-9-21(32-2)26(31)22(10-15)33-3;1-14-18(6-7-22(29)16-12-27-28-13-16)21-11-17(26)4-5-19(21)20(14)8-15-9-23(31-2)25(30)24(10-15)32-3/h4-13,26-27,33H,14-15H2,1-3H3,(H,31,32);4-11,24-25,31H,12-13H2,1-3H3,(H,29,30);4-5,8-13,30H,6-7H2,1-3H3,(H,27,28)/b;;20-8-. The lowest BCUT2D eigenvalue weighted by molar-refractivity contribution is -0.121. The Kier molecular flexibility index (Phi) is 22.9. The third kappa shape index (κ3) is 15.8. The molecule has 22 heteroatoms. The molecule has 3 aliphatic carbocycles. The number of phenols is 3. The number of nitrogens with one attached hydrogen (secondary N) is 3. The summed E-state index contributed by atoms with van der Waals surface area (Å²) >= 11 is 0. The Bertz CT molecular complexity index is 4610. The van der Waals surface area contributed by atoms with Crippen LogP contribution in [0.25, 0.3) is 28.4 Å². The molecule has 0 bridgehead atoms. The number of benzene rings is 7. The molecule has 0 saturated carbocycles. The largest absolute Gasteiger partial charge is 0.502 e. The second-order valence-corrected chi connectivity index (χ2v) is 24.1. The number of Topliss-reactive ketones (excluding diaryl/α,β-unsaturated/α-hetero) is 1. The second kappa shape index (κ2) is 32.0. The summed E-state index contributed by atoms with van der Waals surface area (Å²) in [4.78, 5) is 37.9. The van der Waals surface area contributed by atoms with Crippen molar-refractivity contribution in [1.29, 1.82) is 0 Å². The molecule has 0 saturated heterocycles. The highest BCUT2D eigenvalue weighted by molar-refractivity contribution is 6.06. The number of ketones is 1. The van der Waals surface area contributed by atoms with E-state index in [2.05, 4.69) is 20.8 Å². The summed E-state index contributed by atoms with van der Waals surface area (Å²) in [6.07, 6.45) is 4.16. The van der Waals surface area contributed by atoms with Crippen LogP contribution in [0.1, 0.15) is 142 Å². The molecule has 0 fully saturated rings. The lowest BCUT2D eigenvalue weighted by atomic mass is 9.87. The number of methoxy groups -OCH3 is 6. The zero-order valence-corrected chi connectivity index (χ0v) is 56.8. The fourth-order valence-electron chi connectivity index (χ4n) is 13.0. The lowest BCUT2D eigenvalue weighted by Crippen LogP contribution is -2.22. The Morgan fingerprint density at radius 3 is 1.46 bits per heavy atom. The molecular formula is C79H75F5N4O13. The Labute approximate surface area is 580 Å². The van der Waals surface area contributed by atoms with Crippen molar-refractivity contribution in [2.75, 3.05) is 42.7 Å². The van der Waals surface area contributed by atoms with Gasteiger partial charge in [-0.25, -0.2) is 22.0 Å². The number of amides is 2. The molecule has 4 unspecified atom stereocenters. The molecular weight excluding hydrogens is 1310 g/mol. The van der Waals surface area contributed by atoms with E-state index in [9.17, 15) is 42.9 Å². The number of furan rings is 1. The summed E-state index contributed by atoms with van der Waals surface area (Å²) in [5, 5.41) is 42.7. The predicted molar refractivity (Wildman–Crippen MR) is 372 cm³/mol. The molecule has 7 aromatic carbocycles. The normalized spacial score (nSPS) is 15.1. The molecule has 12 rings (SSSR count). The smallest absolute Gasteiger partial charge is 0.224 e. The summed E-state index contributed by atoms with van der Waals surface area (Å²) in [7, 11) is 8.42. The summed E-state index contributed by atoms with van der Waals surface area (Å²) < 4.78 is 111. The average Bonchev–Trinajstić information content (AvgIpc) is 1.67. The molecule has 4 atom stereocenters. The van der Waals surface area contributed by atoms with Gasteiger partial charge in [0.1, 0.15) is 35.6 Å². The molecule has 0 radical (unpaired) electrons. The van der Waals surface area contributed by atoms with Gasteiger partial charge >= 0.3 is 0 Å². The maximum atomic E-state index is 16.1. The van der Waals surface area contributed by atoms with Crippen LogP contribution >= 0.6 is 0 Å². The van der Waals surface area contributed by atoms with Crippen molar-refractivity contribution in [3.8, 4) is 51.7 Å². The highest BCUT2D eigenvalue weighted by Crippen LogP contribution is 2.55. The number of rotatable bonds is 23. The van der Waals surface area contributed by atoms with Gasteiger partial charge in [-0.05, 0) is 202 Å². The molecule has 3 aliphatic rings.